The van der Waals surface area contributed by atoms with Crippen molar-refractivity contribution in [2.24, 2.45) is 10.2 Å². The molecule has 0 amide bonds. The SMILES string of the molecule is O=S(=O)(O)c1c(N=Nc2cccc3ccccc23)cc2ccccc2c1S(=O)(=O)O. The second kappa shape index (κ2) is 7.26. The Bertz CT molecular complexity index is 1540. The maximum atomic E-state index is 12.1. The molecular weight excluding hydrogens is 428 g/mol. The minimum atomic E-state index is -5.08. The Hall–Kier alpha value is -3.18. The van der Waals surface area contributed by atoms with Crippen LogP contribution in [0.3, 0.4) is 0 Å². The molecule has 152 valence electrons. The highest BCUT2D eigenvalue weighted by Crippen LogP contribution is 2.38. The Kier molecular flexibility index (Phi) is 4.86. The van der Waals surface area contributed by atoms with E-state index in [9.17, 15) is 25.9 Å². The fourth-order valence-electron chi connectivity index (χ4n) is 3.26. The first kappa shape index (κ1) is 20.1. The van der Waals surface area contributed by atoms with Gasteiger partial charge in [0.1, 0.15) is 15.5 Å². The standard InChI is InChI=1S/C20H14N2O6S2/c23-29(24,25)19-16-10-4-2-7-14(16)12-18(20(19)30(26,27)28)22-21-17-11-5-8-13-6-1-3-9-15(13)17/h1-12H,(H,23,24,25)(H,26,27,28). The summed E-state index contributed by atoms with van der Waals surface area (Å²) in [6.45, 7) is 0. The molecule has 0 aliphatic rings. The molecule has 4 aromatic carbocycles. The zero-order valence-corrected chi connectivity index (χ0v) is 16.8. The van der Waals surface area contributed by atoms with Crippen molar-refractivity contribution in [2.75, 3.05) is 0 Å². The van der Waals surface area contributed by atoms with E-state index < -0.39 is 35.7 Å². The minimum absolute atomic E-state index is 0.0725. The van der Waals surface area contributed by atoms with Crippen LogP contribution in [0.25, 0.3) is 21.5 Å². The van der Waals surface area contributed by atoms with Crippen LogP contribution in [0.1, 0.15) is 0 Å². The quantitative estimate of drug-likeness (QED) is 0.341. The van der Waals surface area contributed by atoms with Crippen LogP contribution in [0.4, 0.5) is 11.4 Å². The van der Waals surface area contributed by atoms with Crippen molar-refractivity contribution < 1.29 is 25.9 Å². The fraction of sp³-hybridized carbons (Fsp3) is 0. The third kappa shape index (κ3) is 3.68. The van der Waals surface area contributed by atoms with Gasteiger partial charge in [-0.3, -0.25) is 9.11 Å². The van der Waals surface area contributed by atoms with Gasteiger partial charge in [-0.2, -0.15) is 16.8 Å². The molecule has 0 saturated heterocycles. The lowest BCUT2D eigenvalue weighted by Crippen LogP contribution is -2.09. The molecule has 4 aromatic rings. The van der Waals surface area contributed by atoms with Crippen molar-refractivity contribution in [1.82, 2.24) is 0 Å². The molecule has 4 rings (SSSR count). The van der Waals surface area contributed by atoms with Crippen LogP contribution in [-0.4, -0.2) is 25.9 Å². The molecule has 0 aliphatic heterocycles. The van der Waals surface area contributed by atoms with Gasteiger partial charge in [0.15, 0.2) is 0 Å². The van der Waals surface area contributed by atoms with E-state index in [0.717, 1.165) is 10.8 Å². The van der Waals surface area contributed by atoms with Gasteiger partial charge < -0.3 is 0 Å². The molecule has 0 heterocycles. The first-order chi connectivity index (χ1) is 14.2. The third-order valence-electron chi connectivity index (χ3n) is 4.48. The summed E-state index contributed by atoms with van der Waals surface area (Å²) in [6.07, 6.45) is 0. The van der Waals surface area contributed by atoms with E-state index in [2.05, 4.69) is 10.2 Å². The third-order valence-corrected chi connectivity index (χ3v) is 6.48. The van der Waals surface area contributed by atoms with E-state index in [1.807, 2.05) is 18.2 Å². The lowest BCUT2D eigenvalue weighted by molar-refractivity contribution is 0.468. The number of benzene rings is 4. The molecule has 8 nitrogen and oxygen atoms in total. The van der Waals surface area contributed by atoms with E-state index in [1.54, 1.807) is 30.3 Å². The molecule has 0 aromatic heterocycles. The van der Waals surface area contributed by atoms with Crippen LogP contribution in [0.5, 0.6) is 0 Å². The highest BCUT2D eigenvalue weighted by Gasteiger charge is 2.30. The van der Waals surface area contributed by atoms with Gasteiger partial charge in [-0.1, -0.05) is 60.7 Å². The Morgan fingerprint density at radius 1 is 0.567 bits per heavy atom. The predicted molar refractivity (Wildman–Crippen MR) is 112 cm³/mol. The molecule has 30 heavy (non-hydrogen) atoms. The highest BCUT2D eigenvalue weighted by atomic mass is 32.2. The first-order valence-electron chi connectivity index (χ1n) is 8.56. The minimum Gasteiger partial charge on any atom is -0.282 e. The summed E-state index contributed by atoms with van der Waals surface area (Å²) in [5, 5.41) is 9.85. The Morgan fingerprint density at radius 3 is 1.77 bits per heavy atom. The Balaban J connectivity index is 2.05. The van der Waals surface area contributed by atoms with Crippen LogP contribution < -0.4 is 0 Å². The van der Waals surface area contributed by atoms with Crippen LogP contribution in [0, 0.1) is 0 Å². The van der Waals surface area contributed by atoms with Gasteiger partial charge in [-0.25, -0.2) is 0 Å². The zero-order valence-electron chi connectivity index (χ0n) is 15.2. The second-order valence-corrected chi connectivity index (χ2v) is 9.14. The van der Waals surface area contributed by atoms with Crippen molar-refractivity contribution in [2.45, 2.75) is 9.79 Å². The van der Waals surface area contributed by atoms with Crippen molar-refractivity contribution in [3.05, 3.63) is 72.8 Å². The Morgan fingerprint density at radius 2 is 1.10 bits per heavy atom. The van der Waals surface area contributed by atoms with Gasteiger partial charge in [0.25, 0.3) is 20.2 Å². The monoisotopic (exact) mass is 442 g/mol. The summed E-state index contributed by atoms with van der Waals surface area (Å²) in [6, 6.07) is 19.8. The van der Waals surface area contributed by atoms with E-state index >= 15 is 0 Å². The molecule has 0 fully saturated rings. The van der Waals surface area contributed by atoms with Crippen molar-refractivity contribution >= 4 is 53.2 Å². The molecule has 10 heteroatoms. The summed E-state index contributed by atoms with van der Waals surface area (Å²) in [5.41, 5.74) is -0.00675. The topological polar surface area (TPSA) is 133 Å². The Labute approximate surface area is 172 Å². The first-order valence-corrected chi connectivity index (χ1v) is 11.4. The molecule has 0 saturated carbocycles. The van der Waals surface area contributed by atoms with Crippen LogP contribution in [0.2, 0.25) is 0 Å². The largest absolute Gasteiger partial charge is 0.298 e. The lowest BCUT2D eigenvalue weighted by atomic mass is 10.1. The normalized spacial score (nSPS) is 12.7. The summed E-state index contributed by atoms with van der Waals surface area (Å²) >= 11 is 0. The van der Waals surface area contributed by atoms with Gasteiger partial charge in [0, 0.05) is 10.8 Å². The number of azo groups is 1. The summed E-state index contributed by atoms with van der Waals surface area (Å²) in [4.78, 5) is -1.98. The number of rotatable bonds is 4. The van der Waals surface area contributed by atoms with Gasteiger partial charge in [-0.15, -0.1) is 10.2 Å². The molecular formula is C20H14N2O6S2. The van der Waals surface area contributed by atoms with Gasteiger partial charge in [-0.05, 0) is 22.9 Å². The smallest absolute Gasteiger partial charge is 0.282 e. The van der Waals surface area contributed by atoms with Crippen molar-refractivity contribution in [1.29, 1.82) is 0 Å². The maximum Gasteiger partial charge on any atom is 0.298 e. The number of hydrogen-bond acceptors (Lipinski definition) is 6. The van der Waals surface area contributed by atoms with Gasteiger partial charge >= 0.3 is 0 Å². The summed E-state index contributed by atoms with van der Waals surface area (Å²) in [7, 11) is -10.1. The zero-order chi connectivity index (χ0) is 21.5. The predicted octanol–water partition coefficient (Wildman–Crippen LogP) is 4.90. The lowest BCUT2D eigenvalue weighted by Gasteiger charge is -2.11. The summed E-state index contributed by atoms with van der Waals surface area (Å²) < 4.78 is 67.6. The average molecular weight is 442 g/mol. The van der Waals surface area contributed by atoms with E-state index in [0.29, 0.717) is 11.1 Å². The van der Waals surface area contributed by atoms with Crippen molar-refractivity contribution in [3.63, 3.8) is 0 Å². The maximum absolute atomic E-state index is 12.1. The molecule has 0 aliphatic carbocycles. The van der Waals surface area contributed by atoms with Crippen LogP contribution in [0.15, 0.2) is 92.8 Å². The molecule has 0 unspecified atom stereocenters. The van der Waals surface area contributed by atoms with E-state index in [1.165, 1.54) is 24.3 Å². The average Bonchev–Trinajstić information content (AvgIpc) is 2.69. The van der Waals surface area contributed by atoms with Gasteiger partial charge in [0.2, 0.25) is 0 Å². The fourth-order valence-corrected chi connectivity index (χ4v) is 5.41. The number of nitrogens with zero attached hydrogens (tertiary/aromatic N) is 2. The summed E-state index contributed by atoms with van der Waals surface area (Å²) in [5.74, 6) is 0. The molecule has 0 bridgehead atoms. The van der Waals surface area contributed by atoms with Crippen LogP contribution >= 0.6 is 0 Å². The molecule has 0 atom stereocenters. The van der Waals surface area contributed by atoms with E-state index in [4.69, 9.17) is 0 Å². The second-order valence-electron chi connectivity index (χ2n) is 6.42. The highest BCUT2D eigenvalue weighted by molar-refractivity contribution is 7.89. The van der Waals surface area contributed by atoms with Gasteiger partial charge in [0.05, 0.1) is 5.69 Å². The van der Waals surface area contributed by atoms with E-state index in [-0.39, 0.29) is 5.39 Å². The number of hydrogen-bond donors (Lipinski definition) is 2. The molecule has 0 spiro atoms. The molecule has 0 radical (unpaired) electrons. The van der Waals surface area contributed by atoms with Crippen LogP contribution in [-0.2, 0) is 20.2 Å². The van der Waals surface area contributed by atoms with Crippen molar-refractivity contribution in [3.8, 4) is 0 Å². The number of fused-ring (bicyclic) bond motifs is 2. The molecule has 2 N–H and O–H groups in total.